The molecule has 0 aliphatic rings. The van der Waals surface area contributed by atoms with E-state index in [2.05, 4.69) is 60.7 Å². The fourth-order valence-electron chi connectivity index (χ4n) is 2.91. The Labute approximate surface area is 198 Å². The summed E-state index contributed by atoms with van der Waals surface area (Å²) >= 11 is 0. The number of carbonyl (C=O) groups excluding carboxylic acids is 1. The van der Waals surface area contributed by atoms with E-state index in [9.17, 15) is 9.90 Å². The molecule has 32 heavy (non-hydrogen) atoms. The lowest BCUT2D eigenvalue weighted by atomic mass is 10.0. The minimum absolute atomic E-state index is 0.271. The van der Waals surface area contributed by atoms with Gasteiger partial charge in [0.05, 0.1) is 0 Å². The molecule has 4 aromatic carbocycles. The van der Waals surface area contributed by atoms with Crippen LogP contribution in [0, 0.1) is 0 Å². The Hall–Kier alpha value is -2.79. The Morgan fingerprint density at radius 2 is 0.969 bits per heavy atom. The van der Waals surface area contributed by atoms with Crippen LogP contribution in [0.4, 0.5) is 0 Å². The van der Waals surface area contributed by atoms with E-state index in [0.29, 0.717) is 11.1 Å². The summed E-state index contributed by atoms with van der Waals surface area (Å²) in [5, 5.41) is 9.89. The quantitative estimate of drug-likeness (QED) is 0.170. The van der Waals surface area contributed by atoms with Gasteiger partial charge in [-0.15, -0.1) is 0 Å². The molecular formula is C28H26O2S2. The van der Waals surface area contributed by atoms with Crippen molar-refractivity contribution in [3.05, 3.63) is 144 Å². The number of hydrogen-bond donors (Lipinski definition) is 1. The van der Waals surface area contributed by atoms with Gasteiger partial charge >= 0.3 is 0 Å². The van der Waals surface area contributed by atoms with E-state index >= 15 is 0 Å². The molecule has 4 heteroatoms. The molecule has 2 nitrogen and oxygen atoms in total. The second-order valence-corrected chi connectivity index (χ2v) is 9.50. The molecule has 0 aliphatic heterocycles. The largest absolute Gasteiger partial charge is 0.380 e. The van der Waals surface area contributed by atoms with Crippen LogP contribution in [0.2, 0.25) is 0 Å². The van der Waals surface area contributed by atoms with Gasteiger partial charge < -0.3 is 5.11 Å². The van der Waals surface area contributed by atoms with Crippen LogP contribution in [0.5, 0.6) is 0 Å². The third-order valence-electron chi connectivity index (χ3n) is 4.64. The SMILES string of the molecule is O=C(c1ccccc1)C(O)c1ccccc1.c1ccc(CSSCc2ccccc2)cc1. The molecule has 0 saturated heterocycles. The summed E-state index contributed by atoms with van der Waals surface area (Å²) in [6, 6.07) is 39.0. The standard InChI is InChI=1S/C14H12O2.C14H14S2/c15-13(11-7-3-1-4-8-11)14(16)12-9-5-2-6-10-12;1-3-7-13(8-4-1)11-15-16-12-14-9-5-2-6-10-14/h1-10,13,15H;1-10H,11-12H2. The molecule has 0 amide bonds. The van der Waals surface area contributed by atoms with Crippen molar-refractivity contribution in [2.24, 2.45) is 0 Å². The number of hydrogen-bond acceptors (Lipinski definition) is 4. The zero-order valence-electron chi connectivity index (χ0n) is 17.7. The molecule has 1 unspecified atom stereocenters. The molecule has 0 fully saturated rings. The molecule has 0 aliphatic carbocycles. The van der Waals surface area contributed by atoms with Gasteiger partial charge in [-0.2, -0.15) is 0 Å². The van der Waals surface area contributed by atoms with Crippen LogP contribution in [-0.2, 0) is 11.5 Å². The molecule has 162 valence electrons. The molecule has 4 aromatic rings. The lowest BCUT2D eigenvalue weighted by Crippen LogP contribution is -2.11. The van der Waals surface area contributed by atoms with Crippen LogP contribution in [0.1, 0.15) is 33.2 Å². The van der Waals surface area contributed by atoms with Gasteiger partial charge in [0.25, 0.3) is 0 Å². The molecule has 4 rings (SSSR count). The average Bonchev–Trinajstić information content (AvgIpc) is 2.88. The summed E-state index contributed by atoms with van der Waals surface area (Å²) in [6.45, 7) is 0. The first-order chi connectivity index (χ1) is 15.7. The number of benzene rings is 4. The van der Waals surface area contributed by atoms with Crippen LogP contribution < -0.4 is 0 Å². The number of rotatable bonds is 8. The molecule has 1 N–H and O–H groups in total. The van der Waals surface area contributed by atoms with E-state index in [-0.39, 0.29) is 5.78 Å². The lowest BCUT2D eigenvalue weighted by Gasteiger charge is -2.09. The molecule has 0 saturated carbocycles. The van der Waals surface area contributed by atoms with E-state index in [0.717, 1.165) is 11.5 Å². The number of carbonyl (C=O) groups is 1. The first-order valence-corrected chi connectivity index (χ1v) is 12.9. The van der Waals surface area contributed by atoms with Crippen molar-refractivity contribution in [2.45, 2.75) is 17.6 Å². The topological polar surface area (TPSA) is 37.3 Å². The predicted octanol–water partition coefficient (Wildman–Crippen LogP) is 7.37. The van der Waals surface area contributed by atoms with E-state index < -0.39 is 6.10 Å². The minimum Gasteiger partial charge on any atom is -0.380 e. The van der Waals surface area contributed by atoms with Crippen LogP contribution >= 0.6 is 21.6 Å². The summed E-state index contributed by atoms with van der Waals surface area (Å²) in [5.41, 5.74) is 3.94. The first-order valence-electron chi connectivity index (χ1n) is 10.4. The Morgan fingerprint density at radius 1 is 0.594 bits per heavy atom. The Bertz CT molecular complexity index is 998. The highest BCUT2D eigenvalue weighted by Crippen LogP contribution is 2.29. The Kier molecular flexibility index (Phi) is 10.1. The molecular weight excluding hydrogens is 432 g/mol. The Balaban J connectivity index is 0.000000181. The maximum atomic E-state index is 11.9. The fraction of sp³-hybridized carbons (Fsp3) is 0.107. The van der Waals surface area contributed by atoms with Crippen LogP contribution in [0.15, 0.2) is 121 Å². The van der Waals surface area contributed by atoms with Gasteiger partial charge in [0, 0.05) is 17.1 Å². The van der Waals surface area contributed by atoms with Crippen LogP contribution in [0.25, 0.3) is 0 Å². The van der Waals surface area contributed by atoms with Gasteiger partial charge in [-0.25, -0.2) is 0 Å². The highest BCUT2D eigenvalue weighted by Gasteiger charge is 2.18. The number of aliphatic hydroxyl groups excluding tert-OH is 1. The maximum Gasteiger partial charge on any atom is 0.195 e. The van der Waals surface area contributed by atoms with Crippen molar-refractivity contribution in [2.75, 3.05) is 0 Å². The second kappa shape index (κ2) is 13.6. The molecule has 1 atom stereocenters. The highest BCUT2D eigenvalue weighted by molar-refractivity contribution is 8.76. The summed E-state index contributed by atoms with van der Waals surface area (Å²) in [4.78, 5) is 11.9. The van der Waals surface area contributed by atoms with Gasteiger partial charge in [0.1, 0.15) is 6.10 Å². The maximum absolute atomic E-state index is 11.9. The zero-order chi connectivity index (χ0) is 22.4. The molecule has 0 bridgehead atoms. The van der Waals surface area contributed by atoms with Crippen molar-refractivity contribution < 1.29 is 9.90 Å². The smallest absolute Gasteiger partial charge is 0.195 e. The van der Waals surface area contributed by atoms with Crippen molar-refractivity contribution in [3.8, 4) is 0 Å². The summed E-state index contributed by atoms with van der Waals surface area (Å²) in [5.74, 6) is 1.89. The van der Waals surface area contributed by atoms with Gasteiger partial charge in [0.2, 0.25) is 0 Å². The molecule has 0 heterocycles. The van der Waals surface area contributed by atoms with Gasteiger partial charge in [-0.3, -0.25) is 4.79 Å². The normalized spacial score (nSPS) is 11.2. The molecule has 0 spiro atoms. The van der Waals surface area contributed by atoms with Gasteiger partial charge in [-0.1, -0.05) is 143 Å². The zero-order valence-corrected chi connectivity index (χ0v) is 19.3. The second-order valence-electron chi connectivity index (χ2n) is 7.04. The monoisotopic (exact) mass is 458 g/mol. The molecule has 0 radical (unpaired) electrons. The summed E-state index contributed by atoms with van der Waals surface area (Å²) in [7, 11) is 3.84. The average molecular weight is 459 g/mol. The van der Waals surface area contributed by atoms with Gasteiger partial charge in [-0.05, 0) is 16.7 Å². The Morgan fingerprint density at radius 3 is 1.41 bits per heavy atom. The van der Waals surface area contributed by atoms with E-state index in [4.69, 9.17) is 0 Å². The number of ketones is 1. The number of aliphatic hydroxyl groups is 1. The van der Waals surface area contributed by atoms with Crippen molar-refractivity contribution in [3.63, 3.8) is 0 Å². The number of Topliss-reactive ketones (excluding diaryl/α,β-unsaturated/α-hetero) is 1. The van der Waals surface area contributed by atoms with Crippen LogP contribution in [-0.4, -0.2) is 10.9 Å². The van der Waals surface area contributed by atoms with Crippen molar-refractivity contribution in [1.29, 1.82) is 0 Å². The third kappa shape index (κ3) is 8.04. The third-order valence-corrected chi connectivity index (χ3v) is 6.92. The van der Waals surface area contributed by atoms with Crippen LogP contribution in [0.3, 0.4) is 0 Å². The van der Waals surface area contributed by atoms with Crippen molar-refractivity contribution >= 4 is 27.4 Å². The fourth-order valence-corrected chi connectivity index (χ4v) is 5.06. The molecule has 0 aromatic heterocycles. The van der Waals surface area contributed by atoms with E-state index in [1.54, 1.807) is 48.5 Å². The predicted molar refractivity (Wildman–Crippen MR) is 138 cm³/mol. The van der Waals surface area contributed by atoms with E-state index in [1.165, 1.54) is 11.1 Å². The van der Waals surface area contributed by atoms with E-state index in [1.807, 2.05) is 33.7 Å². The highest BCUT2D eigenvalue weighted by atomic mass is 33.1. The summed E-state index contributed by atoms with van der Waals surface area (Å²) in [6.07, 6.45) is -1.08. The lowest BCUT2D eigenvalue weighted by molar-refractivity contribution is 0.0747. The van der Waals surface area contributed by atoms with Gasteiger partial charge in [0.15, 0.2) is 5.78 Å². The minimum atomic E-state index is -1.08. The first kappa shape index (κ1) is 23.9. The summed E-state index contributed by atoms with van der Waals surface area (Å²) < 4.78 is 0. The van der Waals surface area contributed by atoms with Crippen molar-refractivity contribution in [1.82, 2.24) is 0 Å².